The summed E-state index contributed by atoms with van der Waals surface area (Å²) in [5.74, 6) is 0.561. The Labute approximate surface area is 130 Å². The van der Waals surface area contributed by atoms with Crippen LogP contribution in [0, 0.1) is 0 Å². The van der Waals surface area contributed by atoms with E-state index in [1.165, 1.54) is 0 Å². The maximum atomic E-state index is 11.8. The second-order valence-corrected chi connectivity index (χ2v) is 7.53. The fraction of sp³-hybridized carbons (Fsp3) is 0.333. The number of halogens is 2. The van der Waals surface area contributed by atoms with Crippen LogP contribution in [-0.4, -0.2) is 23.2 Å². The van der Waals surface area contributed by atoms with Crippen LogP contribution in [0.2, 0.25) is 0 Å². The Morgan fingerprint density at radius 2 is 2.00 bits per heavy atom. The maximum absolute atomic E-state index is 11.8. The monoisotopic (exact) mass is 377 g/mol. The van der Waals surface area contributed by atoms with Gasteiger partial charge in [-0.3, -0.25) is 0 Å². The van der Waals surface area contributed by atoms with Crippen molar-refractivity contribution in [1.82, 2.24) is 14.8 Å². The maximum Gasteiger partial charge on any atom is 0.265 e. The molecule has 0 fully saturated rings. The molecule has 8 heteroatoms. The van der Waals surface area contributed by atoms with Crippen molar-refractivity contribution in [2.24, 2.45) is 0 Å². The number of hydrogen-bond donors (Lipinski definition) is 0. The SMILES string of the molecule is CCc1nn(-c2ccc(Br)cn2)c(CC)c1S(=O)(=O)Cl. The highest BCUT2D eigenvalue weighted by atomic mass is 79.9. The Bertz CT molecular complexity index is 726. The quantitative estimate of drug-likeness (QED) is 0.767. The number of aryl methyl sites for hydroxylation is 1. The first-order chi connectivity index (χ1) is 9.38. The predicted molar refractivity (Wildman–Crippen MR) is 80.9 cm³/mol. The first-order valence-corrected chi connectivity index (χ1v) is 9.16. The van der Waals surface area contributed by atoms with Crippen LogP contribution in [-0.2, 0) is 21.9 Å². The average molecular weight is 379 g/mol. The normalized spacial score (nSPS) is 11.8. The van der Waals surface area contributed by atoms with E-state index in [-0.39, 0.29) is 4.90 Å². The van der Waals surface area contributed by atoms with Gasteiger partial charge in [-0.1, -0.05) is 13.8 Å². The van der Waals surface area contributed by atoms with Gasteiger partial charge in [0, 0.05) is 21.4 Å². The van der Waals surface area contributed by atoms with Gasteiger partial charge in [0.1, 0.15) is 4.90 Å². The molecular formula is C12H13BrClN3O2S. The molecule has 0 radical (unpaired) electrons. The highest BCUT2D eigenvalue weighted by Gasteiger charge is 2.26. The molecule has 5 nitrogen and oxygen atoms in total. The van der Waals surface area contributed by atoms with Gasteiger partial charge in [-0.15, -0.1) is 0 Å². The number of rotatable bonds is 4. The van der Waals surface area contributed by atoms with Gasteiger partial charge in [0.2, 0.25) is 0 Å². The molecule has 2 aromatic heterocycles. The molecule has 2 aromatic rings. The minimum Gasteiger partial charge on any atom is -0.236 e. The molecule has 0 aliphatic rings. The molecule has 0 saturated carbocycles. The van der Waals surface area contributed by atoms with Crippen molar-refractivity contribution in [2.45, 2.75) is 31.6 Å². The molecule has 2 rings (SSSR count). The zero-order chi connectivity index (χ0) is 14.9. The third kappa shape index (κ3) is 2.89. The topological polar surface area (TPSA) is 64.8 Å². The van der Waals surface area contributed by atoms with Gasteiger partial charge in [0.25, 0.3) is 9.05 Å². The Hall–Kier alpha value is -0.920. The molecule has 0 saturated heterocycles. The van der Waals surface area contributed by atoms with Crippen molar-refractivity contribution < 1.29 is 8.42 Å². The van der Waals surface area contributed by atoms with E-state index in [0.717, 1.165) is 4.47 Å². The minimum atomic E-state index is -3.83. The third-order valence-electron chi connectivity index (χ3n) is 2.84. The summed E-state index contributed by atoms with van der Waals surface area (Å²) in [5.41, 5.74) is 1.01. The molecule has 0 spiro atoms. The van der Waals surface area contributed by atoms with Gasteiger partial charge in [0.15, 0.2) is 5.82 Å². The molecule has 108 valence electrons. The summed E-state index contributed by atoms with van der Waals surface area (Å²) in [6, 6.07) is 3.59. The summed E-state index contributed by atoms with van der Waals surface area (Å²) >= 11 is 3.31. The molecule has 0 N–H and O–H groups in total. The van der Waals surface area contributed by atoms with Crippen LogP contribution >= 0.6 is 26.6 Å². The molecule has 20 heavy (non-hydrogen) atoms. The van der Waals surface area contributed by atoms with E-state index < -0.39 is 9.05 Å². The van der Waals surface area contributed by atoms with Crippen LogP contribution in [0.15, 0.2) is 27.7 Å². The predicted octanol–water partition coefficient (Wildman–Crippen LogP) is 3.08. The van der Waals surface area contributed by atoms with E-state index >= 15 is 0 Å². The Balaban J connectivity index is 2.72. The highest BCUT2D eigenvalue weighted by Crippen LogP contribution is 2.27. The highest BCUT2D eigenvalue weighted by molar-refractivity contribution is 9.10. The zero-order valence-electron chi connectivity index (χ0n) is 11.0. The number of hydrogen-bond acceptors (Lipinski definition) is 4. The van der Waals surface area contributed by atoms with E-state index in [0.29, 0.717) is 30.0 Å². The van der Waals surface area contributed by atoms with Crippen LogP contribution in [0.1, 0.15) is 25.2 Å². The van der Waals surface area contributed by atoms with Crippen LogP contribution in [0.5, 0.6) is 0 Å². The summed E-state index contributed by atoms with van der Waals surface area (Å²) in [5, 5.41) is 4.34. The van der Waals surface area contributed by atoms with E-state index in [1.807, 2.05) is 19.9 Å². The summed E-state index contributed by atoms with van der Waals surface area (Å²) < 4.78 is 25.9. The Kier molecular flexibility index (Phi) is 4.51. The van der Waals surface area contributed by atoms with Crippen molar-refractivity contribution in [3.63, 3.8) is 0 Å². The van der Waals surface area contributed by atoms with Crippen molar-refractivity contribution in [2.75, 3.05) is 0 Å². The summed E-state index contributed by atoms with van der Waals surface area (Å²) in [7, 11) is 1.71. The molecule has 0 aromatic carbocycles. The molecule has 0 unspecified atom stereocenters. The minimum absolute atomic E-state index is 0.105. The van der Waals surface area contributed by atoms with Crippen molar-refractivity contribution in [1.29, 1.82) is 0 Å². The molecule has 2 heterocycles. The Morgan fingerprint density at radius 1 is 1.30 bits per heavy atom. The molecule has 0 bridgehead atoms. The van der Waals surface area contributed by atoms with Gasteiger partial charge in [-0.05, 0) is 40.9 Å². The molecule has 0 atom stereocenters. The van der Waals surface area contributed by atoms with Crippen molar-refractivity contribution in [3.8, 4) is 5.82 Å². The molecular weight excluding hydrogens is 366 g/mol. The molecule has 0 aliphatic carbocycles. The molecule has 0 amide bonds. The van der Waals surface area contributed by atoms with Crippen LogP contribution in [0.25, 0.3) is 5.82 Å². The van der Waals surface area contributed by atoms with Crippen molar-refractivity contribution >= 4 is 35.7 Å². The average Bonchev–Trinajstić information content (AvgIpc) is 2.78. The first kappa shape index (κ1) is 15.5. The number of aromatic nitrogens is 3. The largest absolute Gasteiger partial charge is 0.265 e. The van der Waals surface area contributed by atoms with E-state index in [4.69, 9.17) is 10.7 Å². The lowest BCUT2D eigenvalue weighted by molar-refractivity contribution is 0.607. The van der Waals surface area contributed by atoms with E-state index in [2.05, 4.69) is 26.0 Å². The zero-order valence-corrected chi connectivity index (χ0v) is 14.1. The van der Waals surface area contributed by atoms with Gasteiger partial charge in [0.05, 0.1) is 11.4 Å². The van der Waals surface area contributed by atoms with Crippen LogP contribution in [0.4, 0.5) is 0 Å². The van der Waals surface area contributed by atoms with Gasteiger partial charge in [-0.2, -0.15) is 5.10 Å². The second-order valence-electron chi connectivity index (χ2n) is 4.11. The van der Waals surface area contributed by atoms with Gasteiger partial charge in [-0.25, -0.2) is 18.1 Å². The van der Waals surface area contributed by atoms with Gasteiger partial charge < -0.3 is 0 Å². The lowest BCUT2D eigenvalue weighted by atomic mass is 10.2. The third-order valence-corrected chi connectivity index (χ3v) is 4.73. The van der Waals surface area contributed by atoms with Gasteiger partial charge >= 0.3 is 0 Å². The summed E-state index contributed by atoms with van der Waals surface area (Å²) in [6.45, 7) is 3.70. The lowest BCUT2D eigenvalue weighted by Crippen LogP contribution is -2.05. The van der Waals surface area contributed by atoms with Crippen LogP contribution in [0.3, 0.4) is 0 Å². The van der Waals surface area contributed by atoms with Crippen molar-refractivity contribution in [3.05, 3.63) is 34.2 Å². The fourth-order valence-electron chi connectivity index (χ4n) is 2.00. The Morgan fingerprint density at radius 3 is 2.45 bits per heavy atom. The van der Waals surface area contributed by atoms with E-state index in [1.54, 1.807) is 16.9 Å². The number of nitrogens with zero attached hydrogens (tertiary/aromatic N) is 3. The number of pyridine rings is 1. The van der Waals surface area contributed by atoms with Crippen LogP contribution < -0.4 is 0 Å². The fourth-order valence-corrected chi connectivity index (χ4v) is 3.74. The van der Waals surface area contributed by atoms with E-state index in [9.17, 15) is 8.42 Å². The smallest absolute Gasteiger partial charge is 0.236 e. The summed E-state index contributed by atoms with van der Waals surface area (Å²) in [6.07, 6.45) is 2.61. The molecule has 0 aliphatic heterocycles. The first-order valence-electron chi connectivity index (χ1n) is 6.05. The summed E-state index contributed by atoms with van der Waals surface area (Å²) in [4.78, 5) is 4.35. The lowest BCUT2D eigenvalue weighted by Gasteiger charge is -2.05. The standard InChI is InChI=1S/C12H13BrClN3O2S/c1-3-9-12(20(14,18)19)10(4-2)17(16-9)11-6-5-8(13)7-15-11/h5-7H,3-4H2,1-2H3. The second kappa shape index (κ2) is 5.83.